The molecule has 1 aromatic rings. The van der Waals surface area contributed by atoms with Crippen LogP contribution in [0.5, 0.6) is 5.75 Å². The van der Waals surface area contributed by atoms with E-state index in [4.69, 9.17) is 4.74 Å². The van der Waals surface area contributed by atoms with Gasteiger partial charge in [-0.3, -0.25) is 0 Å². The maximum atomic E-state index is 5.53. The molecule has 0 saturated heterocycles. The van der Waals surface area contributed by atoms with E-state index in [9.17, 15) is 0 Å². The Bertz CT molecular complexity index is 360. The highest BCUT2D eigenvalue weighted by Crippen LogP contribution is 2.34. The van der Waals surface area contributed by atoms with E-state index in [1.807, 2.05) is 13.0 Å². The molecule has 1 fully saturated rings. The molecule has 1 aliphatic carbocycles. The van der Waals surface area contributed by atoms with Crippen molar-refractivity contribution in [2.24, 2.45) is 5.92 Å². The Morgan fingerprint density at radius 1 is 1.33 bits per heavy atom. The fraction of sp³-hybridized carbons (Fsp3) is 0.625. The van der Waals surface area contributed by atoms with Crippen LogP contribution in [0.2, 0.25) is 0 Å². The van der Waals surface area contributed by atoms with Gasteiger partial charge < -0.3 is 10.1 Å². The van der Waals surface area contributed by atoms with E-state index in [0.717, 1.165) is 24.8 Å². The maximum absolute atomic E-state index is 5.53. The van der Waals surface area contributed by atoms with E-state index in [2.05, 4.69) is 30.4 Å². The number of hydrogen-bond donors (Lipinski definition) is 1. The summed E-state index contributed by atoms with van der Waals surface area (Å²) in [5.74, 6) is 1.98. The van der Waals surface area contributed by atoms with Gasteiger partial charge in [-0.2, -0.15) is 0 Å². The molecule has 1 saturated carbocycles. The molecule has 0 spiro atoms. The van der Waals surface area contributed by atoms with Crippen molar-refractivity contribution < 1.29 is 4.74 Å². The number of ether oxygens (including phenoxy) is 1. The Morgan fingerprint density at radius 3 is 2.83 bits per heavy atom. The molecular formula is C16H25NO. The minimum Gasteiger partial charge on any atom is -0.494 e. The third kappa shape index (κ3) is 4.34. The molecule has 18 heavy (non-hydrogen) atoms. The van der Waals surface area contributed by atoms with Gasteiger partial charge in [0, 0.05) is 12.6 Å². The van der Waals surface area contributed by atoms with Crippen LogP contribution in [-0.4, -0.2) is 12.6 Å². The van der Waals surface area contributed by atoms with E-state index in [1.54, 1.807) is 0 Å². The SMILES string of the molecule is CCOc1cccc(CNC(CC)CC2CC2)c1. The van der Waals surface area contributed by atoms with Crippen LogP contribution < -0.4 is 10.1 Å². The number of rotatable bonds is 8. The third-order valence-electron chi connectivity index (χ3n) is 3.61. The molecule has 2 heteroatoms. The van der Waals surface area contributed by atoms with Gasteiger partial charge in [0.15, 0.2) is 0 Å². The minimum atomic E-state index is 0.674. The van der Waals surface area contributed by atoms with Crippen LogP contribution in [0.15, 0.2) is 24.3 Å². The lowest BCUT2D eigenvalue weighted by Gasteiger charge is -2.17. The van der Waals surface area contributed by atoms with Crippen LogP contribution in [0.25, 0.3) is 0 Å². The van der Waals surface area contributed by atoms with Crippen molar-refractivity contribution >= 4 is 0 Å². The normalized spacial score (nSPS) is 16.6. The lowest BCUT2D eigenvalue weighted by atomic mass is 10.1. The molecule has 0 radical (unpaired) electrons. The lowest BCUT2D eigenvalue weighted by Crippen LogP contribution is -2.28. The molecule has 2 rings (SSSR count). The average molecular weight is 247 g/mol. The predicted octanol–water partition coefficient (Wildman–Crippen LogP) is 3.75. The maximum Gasteiger partial charge on any atom is 0.119 e. The average Bonchev–Trinajstić information content (AvgIpc) is 3.19. The summed E-state index contributed by atoms with van der Waals surface area (Å²) in [7, 11) is 0. The molecule has 1 N–H and O–H groups in total. The summed E-state index contributed by atoms with van der Waals surface area (Å²) < 4.78 is 5.53. The van der Waals surface area contributed by atoms with E-state index >= 15 is 0 Å². The van der Waals surface area contributed by atoms with E-state index in [-0.39, 0.29) is 0 Å². The highest BCUT2D eigenvalue weighted by molar-refractivity contribution is 5.28. The highest BCUT2D eigenvalue weighted by atomic mass is 16.5. The molecule has 1 atom stereocenters. The molecule has 0 heterocycles. The van der Waals surface area contributed by atoms with Gasteiger partial charge >= 0.3 is 0 Å². The Hall–Kier alpha value is -1.02. The molecule has 0 amide bonds. The first-order valence-corrected chi connectivity index (χ1v) is 7.27. The van der Waals surface area contributed by atoms with Gasteiger partial charge in [-0.05, 0) is 43.4 Å². The third-order valence-corrected chi connectivity index (χ3v) is 3.61. The molecule has 1 unspecified atom stereocenters. The van der Waals surface area contributed by atoms with Gasteiger partial charge in [0.2, 0.25) is 0 Å². The van der Waals surface area contributed by atoms with Gasteiger partial charge in [-0.1, -0.05) is 31.9 Å². The van der Waals surface area contributed by atoms with Crippen LogP contribution in [0.1, 0.15) is 45.1 Å². The van der Waals surface area contributed by atoms with Crippen molar-refractivity contribution in [3.63, 3.8) is 0 Å². The number of nitrogens with one attached hydrogen (secondary N) is 1. The van der Waals surface area contributed by atoms with Gasteiger partial charge in [0.05, 0.1) is 6.61 Å². The summed E-state index contributed by atoms with van der Waals surface area (Å²) in [5, 5.41) is 3.67. The van der Waals surface area contributed by atoms with E-state index in [0.29, 0.717) is 6.04 Å². The second-order valence-electron chi connectivity index (χ2n) is 5.25. The van der Waals surface area contributed by atoms with Crippen molar-refractivity contribution in [3.8, 4) is 5.75 Å². The Labute approximate surface area is 111 Å². The summed E-state index contributed by atoms with van der Waals surface area (Å²) in [6, 6.07) is 9.08. The standard InChI is InChI=1S/C16H25NO/c1-3-15(10-13-8-9-13)17-12-14-6-5-7-16(11-14)18-4-2/h5-7,11,13,15,17H,3-4,8-10,12H2,1-2H3. The van der Waals surface area contributed by atoms with Crippen LogP contribution in [0.4, 0.5) is 0 Å². The van der Waals surface area contributed by atoms with Crippen molar-refractivity contribution in [1.82, 2.24) is 5.32 Å². The lowest BCUT2D eigenvalue weighted by molar-refractivity contribution is 0.339. The Kier molecular flexibility index (Phi) is 5.06. The molecule has 0 aromatic heterocycles. The summed E-state index contributed by atoms with van der Waals surface area (Å²) in [6.45, 7) is 5.98. The topological polar surface area (TPSA) is 21.3 Å². The first-order valence-electron chi connectivity index (χ1n) is 7.27. The smallest absolute Gasteiger partial charge is 0.119 e. The molecule has 2 nitrogen and oxygen atoms in total. The van der Waals surface area contributed by atoms with Gasteiger partial charge in [-0.15, -0.1) is 0 Å². The highest BCUT2D eigenvalue weighted by Gasteiger charge is 2.24. The zero-order valence-electron chi connectivity index (χ0n) is 11.6. The molecular weight excluding hydrogens is 222 g/mol. The molecule has 1 aliphatic rings. The molecule has 100 valence electrons. The first-order chi connectivity index (χ1) is 8.81. The molecule has 0 aliphatic heterocycles. The summed E-state index contributed by atoms with van der Waals surface area (Å²) in [4.78, 5) is 0. The second kappa shape index (κ2) is 6.79. The van der Waals surface area contributed by atoms with Crippen molar-refractivity contribution in [3.05, 3.63) is 29.8 Å². The van der Waals surface area contributed by atoms with Crippen molar-refractivity contribution in [2.45, 2.75) is 52.1 Å². The van der Waals surface area contributed by atoms with Crippen molar-refractivity contribution in [2.75, 3.05) is 6.61 Å². The largest absolute Gasteiger partial charge is 0.494 e. The zero-order valence-corrected chi connectivity index (χ0v) is 11.6. The van der Waals surface area contributed by atoms with Gasteiger partial charge in [-0.25, -0.2) is 0 Å². The number of hydrogen-bond acceptors (Lipinski definition) is 2. The Morgan fingerprint density at radius 2 is 2.17 bits per heavy atom. The number of benzene rings is 1. The fourth-order valence-electron chi connectivity index (χ4n) is 2.32. The summed E-state index contributed by atoms with van der Waals surface area (Å²) >= 11 is 0. The Balaban J connectivity index is 1.81. The van der Waals surface area contributed by atoms with Crippen LogP contribution in [0.3, 0.4) is 0 Å². The van der Waals surface area contributed by atoms with Crippen LogP contribution in [-0.2, 0) is 6.54 Å². The fourth-order valence-corrected chi connectivity index (χ4v) is 2.32. The minimum absolute atomic E-state index is 0.674. The monoisotopic (exact) mass is 247 g/mol. The quantitative estimate of drug-likeness (QED) is 0.755. The van der Waals surface area contributed by atoms with Crippen LogP contribution in [0, 0.1) is 5.92 Å². The van der Waals surface area contributed by atoms with E-state index < -0.39 is 0 Å². The second-order valence-corrected chi connectivity index (χ2v) is 5.25. The predicted molar refractivity (Wildman–Crippen MR) is 75.9 cm³/mol. The molecule has 1 aromatic carbocycles. The summed E-state index contributed by atoms with van der Waals surface area (Å²) in [5.41, 5.74) is 1.31. The van der Waals surface area contributed by atoms with Crippen LogP contribution >= 0.6 is 0 Å². The summed E-state index contributed by atoms with van der Waals surface area (Å²) in [6.07, 6.45) is 5.46. The van der Waals surface area contributed by atoms with Gasteiger partial charge in [0.1, 0.15) is 5.75 Å². The van der Waals surface area contributed by atoms with Crippen molar-refractivity contribution in [1.29, 1.82) is 0 Å². The van der Waals surface area contributed by atoms with Gasteiger partial charge in [0.25, 0.3) is 0 Å². The van der Waals surface area contributed by atoms with E-state index in [1.165, 1.54) is 31.2 Å². The zero-order chi connectivity index (χ0) is 12.8. The first kappa shape index (κ1) is 13.4. The molecule has 0 bridgehead atoms.